The summed E-state index contributed by atoms with van der Waals surface area (Å²) in [6.45, 7) is 7.85. The highest BCUT2D eigenvalue weighted by Gasteiger charge is 2.83. The van der Waals surface area contributed by atoms with Crippen LogP contribution in [0.1, 0.15) is 66.2 Å². The first-order valence-corrected chi connectivity index (χ1v) is 13.3. The number of hydrogen-bond acceptors (Lipinski definition) is 7. The molecule has 2 saturated heterocycles. The van der Waals surface area contributed by atoms with Crippen LogP contribution in [-0.2, 0) is 23.8 Å². The van der Waals surface area contributed by atoms with Gasteiger partial charge in [0.05, 0.1) is 29.1 Å². The molecule has 4 aliphatic carbocycles. The third-order valence-corrected chi connectivity index (χ3v) is 12.2. The lowest BCUT2D eigenvalue weighted by atomic mass is 9.42. The molecule has 7 heteroatoms. The van der Waals surface area contributed by atoms with Crippen molar-refractivity contribution in [3.05, 3.63) is 23.3 Å². The average molecular weight is 485 g/mol. The Morgan fingerprint density at radius 1 is 1.09 bits per heavy atom. The zero-order chi connectivity index (χ0) is 24.8. The summed E-state index contributed by atoms with van der Waals surface area (Å²) in [5.41, 5.74) is -1.72. The first-order valence-electron chi connectivity index (χ1n) is 13.3. The molecule has 0 bridgehead atoms. The summed E-state index contributed by atoms with van der Waals surface area (Å²) in [4.78, 5) is 25.9. The summed E-state index contributed by atoms with van der Waals surface area (Å²) >= 11 is 0. The molecule has 35 heavy (non-hydrogen) atoms. The largest absolute Gasteiger partial charge is 0.458 e. The van der Waals surface area contributed by atoms with Gasteiger partial charge in [0.15, 0.2) is 11.6 Å². The Hall–Kier alpha value is -1.54. The van der Waals surface area contributed by atoms with Gasteiger partial charge in [0.1, 0.15) is 11.7 Å². The molecule has 0 amide bonds. The second-order valence-corrected chi connectivity index (χ2v) is 12.9. The van der Waals surface area contributed by atoms with Crippen LogP contribution in [0.25, 0.3) is 0 Å². The van der Waals surface area contributed by atoms with Crippen LogP contribution in [0.15, 0.2) is 23.3 Å². The first-order chi connectivity index (χ1) is 16.4. The van der Waals surface area contributed by atoms with Crippen molar-refractivity contribution >= 4 is 11.8 Å². The fourth-order valence-corrected chi connectivity index (χ4v) is 9.87. The maximum Gasteiger partial charge on any atom is 0.333 e. The van der Waals surface area contributed by atoms with E-state index in [9.17, 15) is 19.8 Å². The molecule has 1 spiro atoms. The zero-order valence-corrected chi connectivity index (χ0v) is 21.0. The first kappa shape index (κ1) is 22.6. The lowest BCUT2D eigenvalue weighted by molar-refractivity contribution is -0.397. The number of allylic oxidation sites excluding steroid dienone is 1. The highest BCUT2D eigenvalue weighted by atomic mass is 16.6. The van der Waals surface area contributed by atoms with Gasteiger partial charge in [-0.2, -0.15) is 0 Å². The van der Waals surface area contributed by atoms with E-state index >= 15 is 0 Å². The lowest BCUT2D eigenvalue weighted by Gasteiger charge is -2.67. The number of ether oxygens (including phenoxy) is 3. The van der Waals surface area contributed by atoms with Crippen LogP contribution >= 0.6 is 0 Å². The normalized spacial score (nSPS) is 58.2. The number of carbonyl (C=O) groups excluding carboxylic acids is 2. The van der Waals surface area contributed by atoms with Crippen molar-refractivity contribution in [1.29, 1.82) is 0 Å². The second kappa shape index (κ2) is 6.47. The van der Waals surface area contributed by atoms with Crippen molar-refractivity contribution in [2.75, 3.05) is 6.61 Å². The molecule has 7 nitrogen and oxygen atoms in total. The monoisotopic (exact) mass is 484 g/mol. The summed E-state index contributed by atoms with van der Waals surface area (Å²) in [7, 11) is 0. The van der Waals surface area contributed by atoms with Gasteiger partial charge in [0, 0.05) is 24.3 Å². The Bertz CT molecular complexity index is 1110. The summed E-state index contributed by atoms with van der Waals surface area (Å²) in [6.07, 6.45) is 6.90. The minimum Gasteiger partial charge on any atom is -0.458 e. The van der Waals surface area contributed by atoms with Gasteiger partial charge in [-0.3, -0.25) is 4.79 Å². The van der Waals surface area contributed by atoms with Gasteiger partial charge in [-0.25, -0.2) is 4.79 Å². The molecule has 0 aromatic heterocycles. The van der Waals surface area contributed by atoms with Gasteiger partial charge in [-0.05, 0) is 70.3 Å². The van der Waals surface area contributed by atoms with E-state index < -0.39 is 39.8 Å². The van der Waals surface area contributed by atoms with Crippen molar-refractivity contribution in [2.24, 2.45) is 34.5 Å². The highest BCUT2D eigenvalue weighted by molar-refractivity contribution is 5.97. The second-order valence-electron chi connectivity index (χ2n) is 12.9. The topological polar surface area (TPSA) is 106 Å². The van der Waals surface area contributed by atoms with Crippen LogP contribution in [0.2, 0.25) is 0 Å². The maximum atomic E-state index is 13.4. The lowest BCUT2D eigenvalue weighted by Crippen LogP contribution is -2.75. The molecule has 5 fully saturated rings. The van der Waals surface area contributed by atoms with Gasteiger partial charge in [-0.15, -0.1) is 0 Å². The van der Waals surface area contributed by atoms with Crippen molar-refractivity contribution in [1.82, 2.24) is 0 Å². The number of aliphatic hydroxyl groups is 2. The number of carbonyl (C=O) groups is 2. The third kappa shape index (κ3) is 2.30. The molecule has 0 aromatic rings. The van der Waals surface area contributed by atoms with Crippen molar-refractivity contribution in [2.45, 2.75) is 95.4 Å². The highest BCUT2D eigenvalue weighted by Crippen LogP contribution is 2.76. The number of rotatable bonds is 1. The zero-order valence-electron chi connectivity index (χ0n) is 21.0. The molecule has 190 valence electrons. The van der Waals surface area contributed by atoms with E-state index in [0.29, 0.717) is 24.8 Å². The molecular weight excluding hydrogens is 448 g/mol. The molecule has 3 heterocycles. The van der Waals surface area contributed by atoms with Gasteiger partial charge in [0.2, 0.25) is 0 Å². The number of fused-ring (bicyclic) bond motifs is 3. The Labute approximate surface area is 205 Å². The number of cyclic esters (lactones) is 1. The molecule has 2 N–H and O–H groups in total. The quantitative estimate of drug-likeness (QED) is 0.436. The molecule has 0 radical (unpaired) electrons. The Morgan fingerprint density at radius 3 is 2.60 bits per heavy atom. The molecule has 0 unspecified atom stereocenters. The number of hydrogen-bond donors (Lipinski definition) is 2. The van der Waals surface area contributed by atoms with Crippen LogP contribution in [0, 0.1) is 34.5 Å². The summed E-state index contributed by atoms with van der Waals surface area (Å²) in [5.74, 6) is -2.19. The standard InChI is InChI=1S/C28H36O7/c1-14-10-20(34-23(30)15(14)2)19-13-33-28(32)12-18-16(17-7-9-26(19,31)25(17,28)4)11-22-27(35-22)8-5-6-21(29)24(18,27)3/h5-6,16-20,22,31-32H,7-13H2,1-4H3/t16-,17-,18-,19-,20+,22+,24-,25-,26+,27+,28-/m0/s1. The Balaban J connectivity index is 1.29. The van der Waals surface area contributed by atoms with Crippen LogP contribution < -0.4 is 0 Å². The number of esters is 1. The van der Waals surface area contributed by atoms with Gasteiger partial charge in [-0.1, -0.05) is 18.6 Å². The molecule has 3 saturated carbocycles. The van der Waals surface area contributed by atoms with E-state index in [1.165, 1.54) is 0 Å². The molecular formula is C28H36O7. The summed E-state index contributed by atoms with van der Waals surface area (Å²) in [5, 5.41) is 24.7. The number of ketones is 1. The predicted octanol–water partition coefficient (Wildman–Crippen LogP) is 2.83. The maximum absolute atomic E-state index is 13.4. The fraction of sp³-hybridized carbons (Fsp3) is 0.786. The van der Waals surface area contributed by atoms with E-state index in [0.717, 1.165) is 24.8 Å². The van der Waals surface area contributed by atoms with Gasteiger partial charge in [0.25, 0.3) is 0 Å². The van der Waals surface area contributed by atoms with E-state index in [-0.39, 0.29) is 42.2 Å². The smallest absolute Gasteiger partial charge is 0.333 e. The molecule has 7 rings (SSSR count). The average Bonchev–Trinajstić information content (AvgIpc) is 3.43. The van der Waals surface area contributed by atoms with Crippen LogP contribution in [0.5, 0.6) is 0 Å². The van der Waals surface area contributed by atoms with E-state index in [1.807, 2.05) is 26.8 Å². The van der Waals surface area contributed by atoms with Crippen molar-refractivity contribution in [3.8, 4) is 0 Å². The van der Waals surface area contributed by atoms with E-state index in [4.69, 9.17) is 14.2 Å². The third-order valence-electron chi connectivity index (χ3n) is 12.2. The SMILES string of the molecule is CC1=C(C)C(=O)O[C@@H]([C@@H]2CO[C@@]3(O)C[C@H]4[C@@H](C[C@H]5O[C@]56CC=CC(=O)[C@]46C)[C@@H]4CC[C@]2(O)[C@]43C)C1. The minimum absolute atomic E-state index is 0.0190. The minimum atomic E-state index is -1.56. The van der Waals surface area contributed by atoms with Crippen LogP contribution in [0.4, 0.5) is 0 Å². The van der Waals surface area contributed by atoms with Gasteiger partial charge >= 0.3 is 5.97 Å². The fourth-order valence-electron chi connectivity index (χ4n) is 9.87. The van der Waals surface area contributed by atoms with Gasteiger partial charge < -0.3 is 24.4 Å². The molecule has 7 aliphatic rings. The number of epoxide rings is 1. The van der Waals surface area contributed by atoms with Crippen molar-refractivity contribution in [3.63, 3.8) is 0 Å². The van der Waals surface area contributed by atoms with Crippen LogP contribution in [-0.4, -0.2) is 57.8 Å². The Morgan fingerprint density at radius 2 is 1.86 bits per heavy atom. The summed E-state index contributed by atoms with van der Waals surface area (Å²) in [6, 6.07) is 0. The molecule has 0 aromatic carbocycles. The van der Waals surface area contributed by atoms with E-state index in [2.05, 4.69) is 0 Å². The van der Waals surface area contributed by atoms with Crippen molar-refractivity contribution < 1.29 is 34.0 Å². The predicted molar refractivity (Wildman–Crippen MR) is 124 cm³/mol. The van der Waals surface area contributed by atoms with E-state index in [1.54, 1.807) is 13.0 Å². The Kier molecular flexibility index (Phi) is 4.19. The molecule has 3 aliphatic heterocycles. The molecule has 11 atom stereocenters. The summed E-state index contributed by atoms with van der Waals surface area (Å²) < 4.78 is 18.5. The van der Waals surface area contributed by atoms with Crippen LogP contribution in [0.3, 0.4) is 0 Å².